The van der Waals surface area contributed by atoms with Crippen LogP contribution in [0.4, 0.5) is 0 Å². The van der Waals surface area contributed by atoms with Crippen molar-refractivity contribution in [2.24, 2.45) is 0 Å². The molecule has 3 rings (SSSR count). The van der Waals surface area contributed by atoms with E-state index in [0.29, 0.717) is 6.04 Å². The lowest BCUT2D eigenvalue weighted by atomic mass is 10.0. The third-order valence-corrected chi connectivity index (χ3v) is 4.51. The predicted molar refractivity (Wildman–Crippen MR) is 98.4 cm³/mol. The zero-order valence-corrected chi connectivity index (χ0v) is 14.4. The second kappa shape index (κ2) is 8.32. The Bertz CT molecular complexity index is 647. The van der Waals surface area contributed by atoms with Crippen molar-refractivity contribution in [1.82, 2.24) is 10.2 Å². The van der Waals surface area contributed by atoms with Crippen LogP contribution in [0.15, 0.2) is 42.5 Å². The third-order valence-electron chi connectivity index (χ3n) is 4.51. The molecule has 3 nitrogen and oxygen atoms in total. The van der Waals surface area contributed by atoms with Gasteiger partial charge in [-0.05, 0) is 36.2 Å². The zero-order valence-electron chi connectivity index (χ0n) is 13.6. The predicted octanol–water partition coefficient (Wildman–Crippen LogP) is 3.87. The molecular formula is C19H25ClN2O. The largest absolute Gasteiger partial charge is 0.334 e. The fourth-order valence-electron chi connectivity index (χ4n) is 3.25. The van der Waals surface area contributed by atoms with Gasteiger partial charge in [-0.25, -0.2) is 0 Å². The molecule has 124 valence electrons. The number of carbonyl (C=O) groups excluding carboxylic acids is 1. The molecule has 4 heteroatoms. The molecule has 1 heterocycles. The van der Waals surface area contributed by atoms with Gasteiger partial charge in [0.25, 0.3) is 5.91 Å². The van der Waals surface area contributed by atoms with Crippen LogP contribution in [0, 0.1) is 0 Å². The number of amides is 1. The number of hydrogen-bond acceptors (Lipinski definition) is 2. The first-order chi connectivity index (χ1) is 10.8. The van der Waals surface area contributed by atoms with E-state index < -0.39 is 0 Å². The zero-order chi connectivity index (χ0) is 15.4. The molecule has 1 saturated heterocycles. The number of fused-ring (bicyclic) bond motifs is 1. The maximum atomic E-state index is 13.1. The summed E-state index contributed by atoms with van der Waals surface area (Å²) >= 11 is 0. The summed E-state index contributed by atoms with van der Waals surface area (Å²) in [6.45, 7) is 4.95. The molecule has 1 aliphatic rings. The Hall–Kier alpha value is -1.58. The number of nitrogens with one attached hydrogen (secondary N) is 1. The standard InChI is InChI=1S/C19H24N2O.ClH/c1-2-3-13-21(16-11-12-20-14-16)19(22)18-10-6-8-15-7-4-5-9-17(15)18;/h4-10,16,20H,2-3,11-14H2,1H3;1H/t16-;/m0./s1. The van der Waals surface area contributed by atoms with Gasteiger partial charge in [0, 0.05) is 24.7 Å². The van der Waals surface area contributed by atoms with Gasteiger partial charge in [-0.2, -0.15) is 0 Å². The van der Waals surface area contributed by atoms with Crippen LogP contribution in [0.1, 0.15) is 36.5 Å². The van der Waals surface area contributed by atoms with E-state index in [1.165, 1.54) is 0 Å². The van der Waals surface area contributed by atoms with Crippen molar-refractivity contribution in [2.45, 2.75) is 32.2 Å². The number of rotatable bonds is 5. The lowest BCUT2D eigenvalue weighted by Crippen LogP contribution is -2.42. The Morgan fingerprint density at radius 2 is 2.00 bits per heavy atom. The highest BCUT2D eigenvalue weighted by molar-refractivity contribution is 6.07. The molecule has 1 atom stereocenters. The van der Waals surface area contributed by atoms with Gasteiger partial charge in [-0.15, -0.1) is 12.4 Å². The van der Waals surface area contributed by atoms with E-state index >= 15 is 0 Å². The normalized spacial score (nSPS) is 17.0. The SMILES string of the molecule is CCCCN(C(=O)c1cccc2ccccc12)[C@H]1CCNC1.Cl. The van der Waals surface area contributed by atoms with Gasteiger partial charge in [0.2, 0.25) is 0 Å². The summed E-state index contributed by atoms with van der Waals surface area (Å²) in [5.41, 5.74) is 0.834. The average molecular weight is 333 g/mol. The summed E-state index contributed by atoms with van der Waals surface area (Å²) in [5, 5.41) is 5.57. The van der Waals surface area contributed by atoms with Crippen molar-refractivity contribution in [1.29, 1.82) is 0 Å². The van der Waals surface area contributed by atoms with Gasteiger partial charge < -0.3 is 10.2 Å². The Kier molecular flexibility index (Phi) is 6.43. The Labute approximate surface area is 144 Å². The van der Waals surface area contributed by atoms with E-state index in [9.17, 15) is 4.79 Å². The highest BCUT2D eigenvalue weighted by Crippen LogP contribution is 2.22. The Balaban J connectivity index is 0.00000192. The summed E-state index contributed by atoms with van der Waals surface area (Å²) < 4.78 is 0. The van der Waals surface area contributed by atoms with E-state index in [1.807, 2.05) is 30.3 Å². The molecule has 2 aromatic carbocycles. The van der Waals surface area contributed by atoms with Gasteiger partial charge in [0.15, 0.2) is 0 Å². The molecule has 2 aromatic rings. The summed E-state index contributed by atoms with van der Waals surface area (Å²) in [4.78, 5) is 15.2. The molecule has 0 radical (unpaired) electrons. The van der Waals surface area contributed by atoms with Gasteiger partial charge in [-0.1, -0.05) is 49.7 Å². The van der Waals surface area contributed by atoms with Gasteiger partial charge in [-0.3, -0.25) is 4.79 Å². The molecule has 1 aliphatic heterocycles. The quantitative estimate of drug-likeness (QED) is 0.901. The van der Waals surface area contributed by atoms with Crippen LogP contribution < -0.4 is 5.32 Å². The maximum absolute atomic E-state index is 13.1. The van der Waals surface area contributed by atoms with E-state index in [2.05, 4.69) is 29.3 Å². The monoisotopic (exact) mass is 332 g/mol. The van der Waals surface area contributed by atoms with Crippen LogP contribution in [0.25, 0.3) is 10.8 Å². The number of benzene rings is 2. The lowest BCUT2D eigenvalue weighted by Gasteiger charge is -2.29. The summed E-state index contributed by atoms with van der Waals surface area (Å²) in [5.74, 6) is 0.180. The molecule has 0 saturated carbocycles. The highest BCUT2D eigenvalue weighted by Gasteiger charge is 2.27. The average Bonchev–Trinajstić information content (AvgIpc) is 3.09. The van der Waals surface area contributed by atoms with Crippen LogP contribution in [0.5, 0.6) is 0 Å². The van der Waals surface area contributed by atoms with Crippen LogP contribution in [0.2, 0.25) is 0 Å². The van der Waals surface area contributed by atoms with Crippen molar-refractivity contribution < 1.29 is 4.79 Å². The molecule has 1 fully saturated rings. The second-order valence-corrected chi connectivity index (χ2v) is 6.03. The number of unbranched alkanes of at least 4 members (excludes halogenated alkanes) is 1. The molecule has 0 bridgehead atoms. The van der Waals surface area contributed by atoms with Crippen molar-refractivity contribution >= 4 is 29.1 Å². The number of hydrogen-bond donors (Lipinski definition) is 1. The molecule has 0 unspecified atom stereocenters. The first-order valence-electron chi connectivity index (χ1n) is 8.30. The lowest BCUT2D eigenvalue weighted by molar-refractivity contribution is 0.0691. The number of halogens is 1. The molecule has 0 spiro atoms. The topological polar surface area (TPSA) is 32.3 Å². The number of nitrogens with zero attached hydrogens (tertiary/aromatic N) is 1. The van der Waals surface area contributed by atoms with Gasteiger partial charge in [0.1, 0.15) is 0 Å². The highest BCUT2D eigenvalue weighted by atomic mass is 35.5. The van der Waals surface area contributed by atoms with E-state index in [1.54, 1.807) is 0 Å². The van der Waals surface area contributed by atoms with E-state index in [-0.39, 0.29) is 18.3 Å². The summed E-state index contributed by atoms with van der Waals surface area (Å²) in [7, 11) is 0. The summed E-state index contributed by atoms with van der Waals surface area (Å²) in [6, 6.07) is 14.5. The number of carbonyl (C=O) groups is 1. The molecule has 1 amide bonds. The van der Waals surface area contributed by atoms with Crippen molar-refractivity contribution in [3.63, 3.8) is 0 Å². The van der Waals surface area contributed by atoms with Crippen molar-refractivity contribution in [3.05, 3.63) is 48.0 Å². The second-order valence-electron chi connectivity index (χ2n) is 6.03. The van der Waals surface area contributed by atoms with Gasteiger partial charge in [0.05, 0.1) is 0 Å². The Morgan fingerprint density at radius 1 is 1.22 bits per heavy atom. The molecule has 1 N–H and O–H groups in total. The fraction of sp³-hybridized carbons (Fsp3) is 0.421. The van der Waals surface area contributed by atoms with Gasteiger partial charge >= 0.3 is 0 Å². The van der Waals surface area contributed by atoms with Crippen LogP contribution in [-0.4, -0.2) is 36.5 Å². The van der Waals surface area contributed by atoms with Crippen LogP contribution >= 0.6 is 12.4 Å². The third kappa shape index (κ3) is 3.85. The Morgan fingerprint density at radius 3 is 2.74 bits per heavy atom. The molecular weight excluding hydrogens is 308 g/mol. The van der Waals surface area contributed by atoms with Crippen LogP contribution in [0.3, 0.4) is 0 Å². The maximum Gasteiger partial charge on any atom is 0.254 e. The summed E-state index contributed by atoms with van der Waals surface area (Å²) in [6.07, 6.45) is 3.23. The minimum atomic E-state index is 0. The smallest absolute Gasteiger partial charge is 0.254 e. The minimum Gasteiger partial charge on any atom is -0.334 e. The first kappa shape index (κ1) is 17.8. The fourth-order valence-corrected chi connectivity index (χ4v) is 3.25. The molecule has 23 heavy (non-hydrogen) atoms. The minimum absolute atomic E-state index is 0. The van der Waals surface area contributed by atoms with E-state index in [0.717, 1.165) is 55.2 Å². The van der Waals surface area contributed by atoms with E-state index in [4.69, 9.17) is 0 Å². The molecule has 0 aromatic heterocycles. The molecule has 0 aliphatic carbocycles. The van der Waals surface area contributed by atoms with Crippen LogP contribution in [-0.2, 0) is 0 Å². The van der Waals surface area contributed by atoms with Crippen molar-refractivity contribution in [3.8, 4) is 0 Å². The first-order valence-corrected chi connectivity index (χ1v) is 8.30. The van der Waals surface area contributed by atoms with Crippen molar-refractivity contribution in [2.75, 3.05) is 19.6 Å².